The molecule has 1 aromatic rings. The van der Waals surface area contributed by atoms with E-state index in [1.54, 1.807) is 0 Å². The summed E-state index contributed by atoms with van der Waals surface area (Å²) in [5, 5.41) is 3.45. The maximum absolute atomic E-state index is 12.1. The fourth-order valence-electron chi connectivity index (χ4n) is 3.03. The van der Waals surface area contributed by atoms with Gasteiger partial charge in [0.2, 0.25) is 0 Å². The lowest BCUT2D eigenvalue weighted by Gasteiger charge is -2.40. The average molecular weight is 274 g/mol. The van der Waals surface area contributed by atoms with Crippen LogP contribution < -0.4 is 5.32 Å². The van der Waals surface area contributed by atoms with Gasteiger partial charge in [-0.1, -0.05) is 30.3 Å². The Bertz CT molecular complexity index is 445. The third-order valence-corrected chi connectivity index (χ3v) is 4.35. The molecule has 2 saturated heterocycles. The van der Waals surface area contributed by atoms with Crippen molar-refractivity contribution in [3.05, 3.63) is 35.9 Å². The predicted molar refractivity (Wildman–Crippen MR) is 77.3 cm³/mol. The Morgan fingerprint density at radius 1 is 1.30 bits per heavy atom. The molecule has 2 heterocycles. The first-order valence-corrected chi connectivity index (χ1v) is 7.52. The lowest BCUT2D eigenvalue weighted by molar-refractivity contribution is 0.0679. The van der Waals surface area contributed by atoms with Crippen molar-refractivity contribution in [2.24, 2.45) is 5.92 Å². The van der Waals surface area contributed by atoms with Gasteiger partial charge >= 0.3 is 6.09 Å². The Morgan fingerprint density at radius 2 is 2.10 bits per heavy atom. The highest BCUT2D eigenvalue weighted by molar-refractivity contribution is 5.67. The smallest absolute Gasteiger partial charge is 0.410 e. The van der Waals surface area contributed by atoms with Gasteiger partial charge in [-0.15, -0.1) is 0 Å². The number of nitrogens with one attached hydrogen (secondary N) is 1. The molecule has 20 heavy (non-hydrogen) atoms. The summed E-state index contributed by atoms with van der Waals surface area (Å²) in [6.07, 6.45) is 3.39. The number of carbonyl (C=O) groups is 1. The summed E-state index contributed by atoms with van der Waals surface area (Å²) in [5.41, 5.74) is 1.04. The van der Waals surface area contributed by atoms with Gasteiger partial charge in [0, 0.05) is 19.1 Å². The predicted octanol–water partition coefficient (Wildman–Crippen LogP) is 2.40. The highest BCUT2D eigenvalue weighted by Crippen LogP contribution is 2.25. The van der Waals surface area contributed by atoms with E-state index in [9.17, 15) is 4.79 Å². The molecule has 0 bridgehead atoms. The molecule has 0 radical (unpaired) electrons. The second-order valence-electron chi connectivity index (χ2n) is 5.74. The van der Waals surface area contributed by atoms with Gasteiger partial charge in [-0.2, -0.15) is 0 Å². The molecule has 1 unspecified atom stereocenters. The molecule has 0 aliphatic carbocycles. The monoisotopic (exact) mass is 274 g/mol. The number of piperidine rings is 1. The Balaban J connectivity index is 1.49. The fraction of sp³-hybridized carbons (Fsp3) is 0.562. The van der Waals surface area contributed by atoms with Crippen molar-refractivity contribution in [2.45, 2.75) is 31.9 Å². The number of rotatable bonds is 3. The van der Waals surface area contributed by atoms with Gasteiger partial charge in [0.1, 0.15) is 6.61 Å². The van der Waals surface area contributed by atoms with Gasteiger partial charge in [-0.3, -0.25) is 0 Å². The van der Waals surface area contributed by atoms with Crippen LogP contribution in [-0.2, 0) is 11.3 Å². The van der Waals surface area contributed by atoms with Gasteiger partial charge in [-0.05, 0) is 37.3 Å². The van der Waals surface area contributed by atoms with Crippen molar-refractivity contribution in [1.29, 1.82) is 0 Å². The van der Waals surface area contributed by atoms with Crippen LogP contribution in [0.3, 0.4) is 0 Å². The van der Waals surface area contributed by atoms with Gasteiger partial charge in [-0.25, -0.2) is 4.79 Å². The van der Waals surface area contributed by atoms with Crippen LogP contribution in [0.5, 0.6) is 0 Å². The molecule has 2 aliphatic heterocycles. The molecule has 4 nitrogen and oxygen atoms in total. The highest BCUT2D eigenvalue weighted by Gasteiger charge is 2.32. The second-order valence-corrected chi connectivity index (χ2v) is 5.74. The van der Waals surface area contributed by atoms with E-state index in [4.69, 9.17) is 4.74 Å². The van der Waals surface area contributed by atoms with Gasteiger partial charge in [0.15, 0.2) is 0 Å². The Kier molecular flexibility index (Phi) is 4.21. The maximum Gasteiger partial charge on any atom is 0.410 e. The zero-order valence-corrected chi connectivity index (χ0v) is 11.8. The first kappa shape index (κ1) is 13.4. The van der Waals surface area contributed by atoms with Crippen molar-refractivity contribution >= 4 is 6.09 Å². The summed E-state index contributed by atoms with van der Waals surface area (Å²) < 4.78 is 5.41. The van der Waals surface area contributed by atoms with Crippen molar-refractivity contribution < 1.29 is 9.53 Å². The topological polar surface area (TPSA) is 41.6 Å². The lowest BCUT2D eigenvalue weighted by atomic mass is 9.85. The fourth-order valence-corrected chi connectivity index (χ4v) is 3.03. The molecular weight excluding hydrogens is 252 g/mol. The van der Waals surface area contributed by atoms with E-state index in [-0.39, 0.29) is 6.09 Å². The number of nitrogens with zero attached hydrogens (tertiary/aromatic N) is 1. The summed E-state index contributed by atoms with van der Waals surface area (Å²) in [7, 11) is 0. The zero-order valence-electron chi connectivity index (χ0n) is 11.8. The van der Waals surface area contributed by atoms with E-state index in [1.165, 1.54) is 12.8 Å². The summed E-state index contributed by atoms with van der Waals surface area (Å²) in [6, 6.07) is 10.5. The van der Waals surface area contributed by atoms with Gasteiger partial charge in [0.05, 0.1) is 0 Å². The summed E-state index contributed by atoms with van der Waals surface area (Å²) in [5.74, 6) is 0.599. The quantitative estimate of drug-likeness (QED) is 0.920. The van der Waals surface area contributed by atoms with Crippen LogP contribution in [-0.4, -0.2) is 36.7 Å². The zero-order chi connectivity index (χ0) is 13.8. The van der Waals surface area contributed by atoms with Crippen LogP contribution >= 0.6 is 0 Å². The molecule has 3 rings (SSSR count). The van der Waals surface area contributed by atoms with E-state index in [0.717, 1.165) is 31.6 Å². The van der Waals surface area contributed by atoms with Crippen molar-refractivity contribution in [3.8, 4) is 0 Å². The molecule has 1 amide bonds. The van der Waals surface area contributed by atoms with E-state index < -0.39 is 0 Å². The van der Waals surface area contributed by atoms with Crippen LogP contribution in [0.15, 0.2) is 30.3 Å². The Labute approximate surface area is 120 Å². The van der Waals surface area contributed by atoms with Gasteiger partial charge in [0.25, 0.3) is 0 Å². The van der Waals surface area contributed by atoms with E-state index in [0.29, 0.717) is 18.6 Å². The van der Waals surface area contributed by atoms with Crippen LogP contribution in [0, 0.1) is 5.92 Å². The third kappa shape index (κ3) is 3.12. The van der Waals surface area contributed by atoms with Crippen LogP contribution in [0.4, 0.5) is 4.79 Å². The molecule has 0 saturated carbocycles. The third-order valence-electron chi connectivity index (χ3n) is 4.35. The van der Waals surface area contributed by atoms with E-state index in [2.05, 4.69) is 5.32 Å². The normalized spacial score (nSPS) is 25.9. The van der Waals surface area contributed by atoms with Crippen LogP contribution in [0.2, 0.25) is 0 Å². The number of likely N-dealkylation sites (tertiary alicyclic amines) is 1. The van der Waals surface area contributed by atoms with Gasteiger partial charge < -0.3 is 15.0 Å². The summed E-state index contributed by atoms with van der Waals surface area (Å²) in [4.78, 5) is 14.0. The number of carbonyl (C=O) groups excluding carboxylic acids is 1. The highest BCUT2D eigenvalue weighted by atomic mass is 16.6. The minimum Gasteiger partial charge on any atom is -0.445 e. The number of hydrogen-bond acceptors (Lipinski definition) is 3. The molecule has 1 aromatic carbocycles. The Hall–Kier alpha value is -1.55. The molecule has 1 N–H and O–H groups in total. The second kappa shape index (κ2) is 6.27. The number of hydrogen-bond donors (Lipinski definition) is 1. The maximum atomic E-state index is 12.1. The molecule has 0 spiro atoms. The SMILES string of the molecule is O=C(OCc1ccccc1)N1CCC[C@@H](C2CCN2)C1. The average Bonchev–Trinajstić information content (AvgIpc) is 2.44. The minimum atomic E-state index is -0.169. The van der Waals surface area contributed by atoms with E-state index >= 15 is 0 Å². The van der Waals surface area contributed by atoms with Crippen LogP contribution in [0.25, 0.3) is 0 Å². The largest absolute Gasteiger partial charge is 0.445 e. The number of amides is 1. The van der Waals surface area contributed by atoms with Crippen molar-refractivity contribution in [1.82, 2.24) is 10.2 Å². The molecular formula is C16H22N2O2. The number of benzene rings is 1. The first-order chi connectivity index (χ1) is 9.83. The lowest BCUT2D eigenvalue weighted by Crippen LogP contribution is -2.53. The number of ether oxygens (including phenoxy) is 1. The van der Waals surface area contributed by atoms with E-state index in [1.807, 2.05) is 35.2 Å². The first-order valence-electron chi connectivity index (χ1n) is 7.52. The summed E-state index contributed by atoms with van der Waals surface area (Å²) >= 11 is 0. The molecule has 2 atom stereocenters. The minimum absolute atomic E-state index is 0.169. The molecule has 108 valence electrons. The van der Waals surface area contributed by atoms with Crippen LogP contribution in [0.1, 0.15) is 24.8 Å². The molecule has 4 heteroatoms. The van der Waals surface area contributed by atoms with Crippen molar-refractivity contribution in [3.63, 3.8) is 0 Å². The molecule has 2 aliphatic rings. The Morgan fingerprint density at radius 3 is 2.80 bits per heavy atom. The standard InChI is InChI=1S/C16H22N2O2/c19-16(20-12-13-5-2-1-3-6-13)18-10-4-7-14(11-18)15-8-9-17-15/h1-3,5-6,14-15,17H,4,7-12H2/t14-,15?/m1/s1. The molecule has 0 aromatic heterocycles. The van der Waals surface area contributed by atoms with Crippen molar-refractivity contribution in [2.75, 3.05) is 19.6 Å². The summed E-state index contributed by atoms with van der Waals surface area (Å²) in [6.45, 7) is 3.16. The molecule has 2 fully saturated rings.